The molecule has 4 nitrogen and oxygen atoms in total. The second-order valence-corrected chi connectivity index (χ2v) is 6.08. The monoisotopic (exact) mass is 458 g/mol. The van der Waals surface area contributed by atoms with Crippen LogP contribution < -0.4 is 24.8 Å². The van der Waals surface area contributed by atoms with Crippen molar-refractivity contribution >= 4 is 21.5 Å². The first-order valence-electron chi connectivity index (χ1n) is 8.30. The van der Waals surface area contributed by atoms with Crippen LogP contribution in [0.1, 0.15) is 11.7 Å². The predicted octanol–water partition coefficient (Wildman–Crippen LogP) is -1.51. The fourth-order valence-corrected chi connectivity index (χ4v) is 3.56. The van der Waals surface area contributed by atoms with Crippen molar-refractivity contribution in [2.45, 2.75) is 6.17 Å². The van der Waals surface area contributed by atoms with Gasteiger partial charge in [-0.25, -0.2) is 9.36 Å². The fourth-order valence-electron chi connectivity index (χ4n) is 3.56. The molecule has 3 aromatic carbocycles. The Balaban J connectivity index is 0.000000934. The molecule has 0 spiro atoms. The van der Waals surface area contributed by atoms with E-state index in [9.17, 15) is 0 Å². The molecule has 28 heavy (non-hydrogen) atoms. The maximum Gasteiger partial charge on any atom is 2.00 e. The van der Waals surface area contributed by atoms with Crippen molar-refractivity contribution < 1.29 is 44.3 Å². The SMILES string of the molecule is [Cl-].[Cl-].[Zn+2].c1ccc2c(C(n3cccn3)n3cccn3)c3ccccc3cc2c1. The summed E-state index contributed by atoms with van der Waals surface area (Å²) < 4.78 is 3.92. The number of benzene rings is 3. The van der Waals surface area contributed by atoms with E-state index in [4.69, 9.17) is 0 Å². The van der Waals surface area contributed by atoms with E-state index < -0.39 is 0 Å². The minimum Gasteiger partial charge on any atom is -1.00 e. The van der Waals surface area contributed by atoms with Gasteiger partial charge in [-0.3, -0.25) is 0 Å². The van der Waals surface area contributed by atoms with Crippen molar-refractivity contribution in [1.82, 2.24) is 19.6 Å². The van der Waals surface area contributed by atoms with Gasteiger partial charge >= 0.3 is 19.5 Å². The van der Waals surface area contributed by atoms with Gasteiger partial charge in [0.05, 0.1) is 0 Å². The first kappa shape index (κ1) is 22.1. The second kappa shape index (κ2) is 9.33. The normalized spacial score (nSPS) is 10.3. The number of hydrogen-bond acceptors (Lipinski definition) is 2. The zero-order valence-corrected chi connectivity index (χ0v) is 19.5. The molecule has 7 heteroatoms. The first-order valence-corrected chi connectivity index (χ1v) is 8.30. The number of rotatable bonds is 3. The molecule has 0 saturated carbocycles. The van der Waals surface area contributed by atoms with Crippen LogP contribution in [0.2, 0.25) is 0 Å². The van der Waals surface area contributed by atoms with Crippen LogP contribution in [0.15, 0.2) is 91.5 Å². The summed E-state index contributed by atoms with van der Waals surface area (Å²) >= 11 is 0. The number of aromatic nitrogens is 4. The van der Waals surface area contributed by atoms with Crippen LogP contribution in [0.5, 0.6) is 0 Å². The van der Waals surface area contributed by atoms with E-state index in [1.54, 1.807) is 0 Å². The third kappa shape index (κ3) is 3.70. The Bertz CT molecular complexity index is 1070. The molecule has 0 bridgehead atoms. The fraction of sp³-hybridized carbons (Fsp3) is 0.0476. The van der Waals surface area contributed by atoms with Crippen LogP contribution in [-0.2, 0) is 19.5 Å². The van der Waals surface area contributed by atoms with Gasteiger partial charge in [-0.2, -0.15) is 10.2 Å². The molecule has 5 aromatic rings. The maximum atomic E-state index is 4.52. The largest absolute Gasteiger partial charge is 2.00 e. The van der Waals surface area contributed by atoms with Crippen LogP contribution in [0.3, 0.4) is 0 Å². The topological polar surface area (TPSA) is 35.6 Å². The van der Waals surface area contributed by atoms with Crippen LogP contribution in [0.4, 0.5) is 0 Å². The van der Waals surface area contributed by atoms with E-state index in [1.165, 1.54) is 27.1 Å². The third-order valence-corrected chi connectivity index (χ3v) is 4.62. The predicted molar refractivity (Wildman–Crippen MR) is 99.4 cm³/mol. The quantitative estimate of drug-likeness (QED) is 0.242. The van der Waals surface area contributed by atoms with E-state index in [0.29, 0.717) is 0 Å². The van der Waals surface area contributed by atoms with E-state index in [2.05, 4.69) is 64.8 Å². The second-order valence-electron chi connectivity index (χ2n) is 6.08. The van der Waals surface area contributed by atoms with E-state index in [1.807, 2.05) is 46.3 Å². The van der Waals surface area contributed by atoms with Crippen molar-refractivity contribution in [2.75, 3.05) is 0 Å². The molecule has 2 aromatic heterocycles. The standard InChI is InChI=1S/C21H16N4.2ClH.Zn/c1-3-9-18-16(7-1)15-17-8-2-4-10-19(17)20(18)21(24-13-5-11-22-24)25-14-6-12-23-25;;;/h1-15,21H;2*1H;/q;;;+2/p-2. The molecular weight excluding hydrogens is 445 g/mol. The van der Waals surface area contributed by atoms with Gasteiger partial charge in [0.1, 0.15) is 0 Å². The average molecular weight is 461 g/mol. The van der Waals surface area contributed by atoms with E-state index in [0.717, 1.165) is 0 Å². The van der Waals surface area contributed by atoms with Gasteiger partial charge in [0.15, 0.2) is 6.17 Å². The van der Waals surface area contributed by atoms with Gasteiger partial charge < -0.3 is 24.8 Å². The van der Waals surface area contributed by atoms with Crippen molar-refractivity contribution in [2.24, 2.45) is 0 Å². The van der Waals surface area contributed by atoms with Crippen LogP contribution in [-0.4, -0.2) is 19.6 Å². The Labute approximate surface area is 188 Å². The molecule has 5 rings (SSSR count). The third-order valence-electron chi connectivity index (χ3n) is 4.62. The molecule has 0 aliphatic heterocycles. The molecular formula is C21H16Cl2N4Zn. The molecule has 0 unspecified atom stereocenters. The van der Waals surface area contributed by atoms with Gasteiger partial charge in [0.25, 0.3) is 0 Å². The molecule has 0 fully saturated rings. The maximum absolute atomic E-state index is 4.52. The summed E-state index contributed by atoms with van der Waals surface area (Å²) in [5.74, 6) is 0. The van der Waals surface area contributed by atoms with Crippen molar-refractivity contribution in [3.05, 3.63) is 97.1 Å². The van der Waals surface area contributed by atoms with Gasteiger partial charge in [-0.1, -0.05) is 48.5 Å². The van der Waals surface area contributed by atoms with Crippen LogP contribution >= 0.6 is 0 Å². The van der Waals surface area contributed by atoms with Crippen LogP contribution in [0.25, 0.3) is 21.5 Å². The Hall–Kier alpha value is -2.20. The molecule has 0 N–H and O–H groups in total. The number of hydrogen-bond donors (Lipinski definition) is 0. The zero-order valence-electron chi connectivity index (χ0n) is 15.0. The Kier molecular flexibility index (Phi) is 7.37. The first-order chi connectivity index (χ1) is 12.4. The molecule has 136 valence electrons. The summed E-state index contributed by atoms with van der Waals surface area (Å²) in [6.07, 6.45) is 7.46. The molecule has 0 radical (unpaired) electrons. The molecule has 0 saturated heterocycles. The van der Waals surface area contributed by atoms with Crippen LogP contribution in [0, 0.1) is 0 Å². The summed E-state index contributed by atoms with van der Waals surface area (Å²) in [5.41, 5.74) is 1.21. The molecule has 0 amide bonds. The number of nitrogens with zero attached hydrogens (tertiary/aromatic N) is 4. The van der Waals surface area contributed by atoms with Crippen molar-refractivity contribution in [3.63, 3.8) is 0 Å². The Morgan fingerprint density at radius 2 is 1.11 bits per heavy atom. The Morgan fingerprint density at radius 1 is 0.643 bits per heavy atom. The summed E-state index contributed by atoms with van der Waals surface area (Å²) in [5, 5.41) is 13.9. The van der Waals surface area contributed by atoms with Gasteiger partial charge in [-0.15, -0.1) is 0 Å². The minimum absolute atomic E-state index is 0. The molecule has 0 aliphatic carbocycles. The van der Waals surface area contributed by atoms with Gasteiger partial charge in [0.2, 0.25) is 0 Å². The number of fused-ring (bicyclic) bond motifs is 2. The van der Waals surface area contributed by atoms with Crippen molar-refractivity contribution in [3.8, 4) is 0 Å². The minimum atomic E-state index is -0.138. The summed E-state index contributed by atoms with van der Waals surface area (Å²) in [6.45, 7) is 0. The smallest absolute Gasteiger partial charge is 1.00 e. The summed E-state index contributed by atoms with van der Waals surface area (Å²) in [7, 11) is 0. The molecule has 0 atom stereocenters. The molecule has 2 heterocycles. The molecule has 0 aliphatic rings. The zero-order chi connectivity index (χ0) is 16.6. The van der Waals surface area contributed by atoms with Crippen molar-refractivity contribution in [1.29, 1.82) is 0 Å². The van der Waals surface area contributed by atoms with E-state index >= 15 is 0 Å². The summed E-state index contributed by atoms with van der Waals surface area (Å²) in [4.78, 5) is 0. The van der Waals surface area contributed by atoms with Gasteiger partial charge in [0, 0.05) is 30.4 Å². The summed E-state index contributed by atoms with van der Waals surface area (Å²) in [6, 6.07) is 23.2. The van der Waals surface area contributed by atoms with E-state index in [-0.39, 0.29) is 50.5 Å². The average Bonchev–Trinajstić information content (AvgIpc) is 3.36. The Morgan fingerprint density at radius 3 is 1.54 bits per heavy atom. The van der Waals surface area contributed by atoms with Gasteiger partial charge in [-0.05, 0) is 39.7 Å². The number of halogens is 2.